The van der Waals surface area contributed by atoms with Crippen molar-refractivity contribution in [2.24, 2.45) is 0 Å². The number of ether oxygens (including phenoxy) is 3. The van der Waals surface area contributed by atoms with Crippen LogP contribution in [0.1, 0.15) is 40.0 Å². The summed E-state index contributed by atoms with van der Waals surface area (Å²) in [7, 11) is 0. The van der Waals surface area contributed by atoms with E-state index >= 15 is 0 Å². The predicted octanol–water partition coefficient (Wildman–Crippen LogP) is 0.130. The number of likely N-dealkylation sites (tertiary alicyclic amines) is 2. The number of aliphatic hydroxyl groups is 1. The molecule has 0 saturated carbocycles. The maximum absolute atomic E-state index is 13.6. The molecule has 4 aliphatic heterocycles. The Labute approximate surface area is 182 Å². The first-order valence-electron chi connectivity index (χ1n) is 11.1. The number of carbonyl (C=O) groups is 1. The Morgan fingerprint density at radius 2 is 2.00 bits per heavy atom. The summed E-state index contributed by atoms with van der Waals surface area (Å²) in [6.45, 7) is 7.97. The van der Waals surface area contributed by atoms with Crippen LogP contribution in [0.25, 0.3) is 0 Å². The number of alkyl halides is 1. The quantitative estimate of drug-likeness (QED) is 0.621. The highest BCUT2D eigenvalue weighted by atomic mass is 19.1. The SMILES string of the molecule is CC1(NCC(=O)N2C[C@@H](F)C[C@H]2C#N)CCN(C[C@H]2O[C@@H]3OC(C)(C)O[C@@H]3[C@H]2O)CC1. The van der Waals surface area contributed by atoms with Crippen LogP contribution in [0.15, 0.2) is 0 Å². The second-order valence-corrected chi connectivity index (χ2v) is 9.87. The van der Waals surface area contributed by atoms with Crippen LogP contribution < -0.4 is 5.32 Å². The lowest BCUT2D eigenvalue weighted by Crippen LogP contribution is -2.55. The third-order valence-corrected chi connectivity index (χ3v) is 6.90. The van der Waals surface area contributed by atoms with Crippen LogP contribution in [-0.4, -0.2) is 102 Å². The van der Waals surface area contributed by atoms with Gasteiger partial charge < -0.3 is 34.4 Å². The van der Waals surface area contributed by atoms with Gasteiger partial charge in [-0.3, -0.25) is 4.79 Å². The number of hydrogen-bond acceptors (Lipinski definition) is 8. The maximum Gasteiger partial charge on any atom is 0.237 e. The van der Waals surface area contributed by atoms with Gasteiger partial charge in [-0.1, -0.05) is 0 Å². The van der Waals surface area contributed by atoms with Gasteiger partial charge in [0, 0.05) is 18.5 Å². The molecule has 0 bridgehead atoms. The number of rotatable bonds is 5. The topological polar surface area (TPSA) is 107 Å². The molecular weight excluding hydrogens is 407 g/mol. The lowest BCUT2D eigenvalue weighted by atomic mass is 9.89. The molecule has 31 heavy (non-hydrogen) atoms. The number of fused-ring (bicyclic) bond motifs is 1. The Balaban J connectivity index is 1.22. The third kappa shape index (κ3) is 4.87. The summed E-state index contributed by atoms with van der Waals surface area (Å²) >= 11 is 0. The molecule has 4 rings (SSSR count). The van der Waals surface area contributed by atoms with E-state index in [1.165, 1.54) is 4.90 Å². The van der Waals surface area contributed by atoms with Gasteiger partial charge in [-0.15, -0.1) is 0 Å². The van der Waals surface area contributed by atoms with Crippen molar-refractivity contribution < 1.29 is 28.5 Å². The van der Waals surface area contributed by atoms with Gasteiger partial charge in [-0.05, 0) is 46.7 Å². The van der Waals surface area contributed by atoms with E-state index in [1.807, 2.05) is 6.07 Å². The number of nitrogens with one attached hydrogen (secondary N) is 1. The second-order valence-electron chi connectivity index (χ2n) is 9.87. The molecule has 0 aromatic rings. The first-order chi connectivity index (χ1) is 14.6. The summed E-state index contributed by atoms with van der Waals surface area (Å²) in [5.41, 5.74) is -0.217. The fourth-order valence-corrected chi connectivity index (χ4v) is 4.94. The third-order valence-electron chi connectivity index (χ3n) is 6.90. The minimum atomic E-state index is -1.12. The monoisotopic (exact) mass is 440 g/mol. The smallest absolute Gasteiger partial charge is 0.237 e. The lowest BCUT2D eigenvalue weighted by Gasteiger charge is -2.41. The molecule has 0 unspecified atom stereocenters. The van der Waals surface area contributed by atoms with Gasteiger partial charge in [0.25, 0.3) is 0 Å². The van der Waals surface area contributed by atoms with E-state index in [2.05, 4.69) is 17.1 Å². The van der Waals surface area contributed by atoms with Crippen molar-refractivity contribution in [3.63, 3.8) is 0 Å². The minimum absolute atomic E-state index is 0.000450. The molecule has 0 aliphatic carbocycles. The van der Waals surface area contributed by atoms with Gasteiger partial charge in [0.1, 0.15) is 30.5 Å². The number of amides is 1. The lowest BCUT2D eigenvalue weighted by molar-refractivity contribution is -0.216. The van der Waals surface area contributed by atoms with Crippen LogP contribution >= 0.6 is 0 Å². The van der Waals surface area contributed by atoms with Gasteiger partial charge in [0.05, 0.1) is 19.2 Å². The fourth-order valence-electron chi connectivity index (χ4n) is 4.94. The Hall–Kier alpha value is -1.35. The van der Waals surface area contributed by atoms with Crippen molar-refractivity contribution >= 4 is 5.91 Å². The molecule has 0 radical (unpaired) electrons. The number of piperidine rings is 1. The average Bonchev–Trinajstić information content (AvgIpc) is 3.33. The molecule has 6 atom stereocenters. The Morgan fingerprint density at radius 1 is 1.29 bits per heavy atom. The zero-order valence-corrected chi connectivity index (χ0v) is 18.4. The maximum atomic E-state index is 13.6. The summed E-state index contributed by atoms with van der Waals surface area (Å²) in [6.07, 6.45) is -1.48. The highest BCUT2D eigenvalue weighted by molar-refractivity contribution is 5.79. The molecule has 4 saturated heterocycles. The fraction of sp³-hybridized carbons (Fsp3) is 0.905. The Kier molecular flexibility index (Phi) is 6.29. The zero-order valence-electron chi connectivity index (χ0n) is 18.4. The van der Waals surface area contributed by atoms with Crippen LogP contribution in [0.5, 0.6) is 0 Å². The van der Waals surface area contributed by atoms with Crippen molar-refractivity contribution in [3.8, 4) is 6.07 Å². The summed E-state index contributed by atoms with van der Waals surface area (Å²) in [6, 6.07) is 1.34. The minimum Gasteiger partial charge on any atom is -0.387 e. The number of carbonyl (C=O) groups excluding carboxylic acids is 1. The van der Waals surface area contributed by atoms with E-state index in [1.54, 1.807) is 13.8 Å². The van der Waals surface area contributed by atoms with E-state index in [0.29, 0.717) is 6.54 Å². The molecule has 174 valence electrons. The van der Waals surface area contributed by atoms with Gasteiger partial charge in [-0.2, -0.15) is 5.26 Å². The first kappa shape index (κ1) is 22.8. The van der Waals surface area contributed by atoms with Crippen LogP contribution in [0.2, 0.25) is 0 Å². The molecule has 0 aromatic carbocycles. The molecule has 0 spiro atoms. The number of aliphatic hydroxyl groups excluding tert-OH is 1. The molecule has 4 fully saturated rings. The predicted molar refractivity (Wildman–Crippen MR) is 107 cm³/mol. The highest BCUT2D eigenvalue weighted by Gasteiger charge is 2.54. The zero-order chi connectivity index (χ0) is 22.4. The van der Waals surface area contributed by atoms with Gasteiger partial charge in [-0.25, -0.2) is 4.39 Å². The second kappa shape index (κ2) is 8.54. The summed E-state index contributed by atoms with van der Waals surface area (Å²) in [4.78, 5) is 16.1. The van der Waals surface area contributed by atoms with Gasteiger partial charge in [0.2, 0.25) is 5.91 Å². The number of nitrogens with zero attached hydrogens (tertiary/aromatic N) is 3. The Bertz CT molecular complexity index is 723. The Morgan fingerprint density at radius 3 is 2.65 bits per heavy atom. The van der Waals surface area contributed by atoms with E-state index in [0.717, 1.165) is 25.9 Å². The van der Waals surface area contributed by atoms with Crippen molar-refractivity contribution in [2.45, 2.75) is 88.2 Å². The van der Waals surface area contributed by atoms with Crippen molar-refractivity contribution in [1.82, 2.24) is 15.1 Å². The molecule has 0 aromatic heterocycles. The van der Waals surface area contributed by atoms with Crippen molar-refractivity contribution in [1.29, 1.82) is 5.26 Å². The van der Waals surface area contributed by atoms with Crippen molar-refractivity contribution in [2.75, 3.05) is 32.7 Å². The van der Waals surface area contributed by atoms with Crippen LogP contribution in [0.3, 0.4) is 0 Å². The number of halogens is 1. The molecule has 10 heteroatoms. The molecular formula is C21H33FN4O5. The van der Waals surface area contributed by atoms with Crippen LogP contribution in [-0.2, 0) is 19.0 Å². The molecule has 4 heterocycles. The van der Waals surface area contributed by atoms with Gasteiger partial charge in [0.15, 0.2) is 12.1 Å². The van der Waals surface area contributed by atoms with E-state index < -0.39 is 36.5 Å². The number of hydrogen-bond donors (Lipinski definition) is 2. The normalized spacial score (nSPS) is 39.4. The van der Waals surface area contributed by atoms with Crippen molar-refractivity contribution in [3.05, 3.63) is 0 Å². The summed E-state index contributed by atoms with van der Waals surface area (Å²) < 4.78 is 30.9. The summed E-state index contributed by atoms with van der Waals surface area (Å²) in [5.74, 6) is -0.975. The molecule has 4 aliphatic rings. The van der Waals surface area contributed by atoms with E-state index in [-0.39, 0.29) is 37.1 Å². The largest absolute Gasteiger partial charge is 0.387 e. The molecule has 2 N–H and O–H groups in total. The standard InChI is InChI=1S/C21H33FN4O5/c1-20(2)30-18-17(28)15(29-19(18)31-20)12-25-6-4-21(3,5-7-25)24-10-16(27)26-11-13(22)8-14(26)9-23/h13-15,17-19,24,28H,4-8,10-12H2,1-3H3/t13-,14-,15+,17-,18+,19+/m0/s1. The number of nitriles is 1. The van der Waals surface area contributed by atoms with Gasteiger partial charge >= 0.3 is 0 Å². The van der Waals surface area contributed by atoms with E-state index in [9.17, 15) is 14.3 Å². The first-order valence-corrected chi connectivity index (χ1v) is 11.1. The molecule has 1 amide bonds. The van der Waals surface area contributed by atoms with E-state index in [4.69, 9.17) is 19.5 Å². The molecule has 9 nitrogen and oxygen atoms in total. The van der Waals surface area contributed by atoms with Crippen LogP contribution in [0, 0.1) is 11.3 Å². The van der Waals surface area contributed by atoms with Crippen LogP contribution in [0.4, 0.5) is 4.39 Å². The highest BCUT2D eigenvalue weighted by Crippen LogP contribution is 2.38. The average molecular weight is 441 g/mol. The summed E-state index contributed by atoms with van der Waals surface area (Å²) in [5, 5.41) is 23.0.